The summed E-state index contributed by atoms with van der Waals surface area (Å²) < 4.78 is 34.1. The van der Waals surface area contributed by atoms with Gasteiger partial charge in [0.1, 0.15) is 0 Å². The molecule has 2 fully saturated rings. The SMILES string of the molecule is Cc1cccc(S(=O)(=O)N[C@@H]2CC[C@H](CCNC(=O)CCN3CCCCC3)O[C@@H]2CO)c1. The van der Waals surface area contributed by atoms with Crippen LogP contribution in [0, 0.1) is 6.92 Å². The summed E-state index contributed by atoms with van der Waals surface area (Å²) >= 11 is 0. The number of hydrogen-bond donors (Lipinski definition) is 3. The predicted octanol–water partition coefficient (Wildman–Crippen LogP) is 1.56. The lowest BCUT2D eigenvalue weighted by Gasteiger charge is -2.36. The van der Waals surface area contributed by atoms with E-state index in [9.17, 15) is 18.3 Å². The molecule has 32 heavy (non-hydrogen) atoms. The van der Waals surface area contributed by atoms with Crippen molar-refractivity contribution in [1.29, 1.82) is 0 Å². The van der Waals surface area contributed by atoms with Gasteiger partial charge in [0.05, 0.1) is 29.8 Å². The van der Waals surface area contributed by atoms with Gasteiger partial charge >= 0.3 is 0 Å². The van der Waals surface area contributed by atoms with E-state index < -0.39 is 22.2 Å². The molecular weight excluding hydrogens is 430 g/mol. The number of hydrogen-bond acceptors (Lipinski definition) is 6. The molecule has 0 spiro atoms. The van der Waals surface area contributed by atoms with E-state index >= 15 is 0 Å². The lowest BCUT2D eigenvalue weighted by atomic mass is 9.98. The molecule has 0 saturated carbocycles. The minimum absolute atomic E-state index is 0.0499. The van der Waals surface area contributed by atoms with Gasteiger partial charge in [0.25, 0.3) is 0 Å². The number of carbonyl (C=O) groups excluding carboxylic acids is 1. The van der Waals surface area contributed by atoms with Gasteiger partial charge in [0.15, 0.2) is 0 Å². The Morgan fingerprint density at radius 3 is 2.72 bits per heavy atom. The maximum absolute atomic E-state index is 12.7. The first-order valence-corrected chi connectivity index (χ1v) is 13.2. The van der Waals surface area contributed by atoms with Crippen LogP contribution in [-0.4, -0.2) is 75.4 Å². The molecule has 1 aromatic carbocycles. The Kier molecular flexibility index (Phi) is 9.48. The third-order valence-electron chi connectivity index (χ3n) is 6.29. The first-order chi connectivity index (χ1) is 15.4. The van der Waals surface area contributed by atoms with Gasteiger partial charge < -0.3 is 20.1 Å². The fraction of sp³-hybridized carbons (Fsp3) is 0.696. The van der Waals surface area contributed by atoms with Crippen LogP contribution in [0.2, 0.25) is 0 Å². The van der Waals surface area contributed by atoms with Crippen molar-refractivity contribution >= 4 is 15.9 Å². The van der Waals surface area contributed by atoms with Gasteiger partial charge in [-0.05, 0) is 69.8 Å². The number of nitrogens with zero attached hydrogens (tertiary/aromatic N) is 1. The number of aliphatic hydroxyl groups is 1. The molecule has 3 atom stereocenters. The van der Waals surface area contributed by atoms with Gasteiger partial charge in [-0.1, -0.05) is 18.6 Å². The average molecular weight is 468 g/mol. The summed E-state index contributed by atoms with van der Waals surface area (Å²) in [6, 6.07) is 6.25. The molecule has 8 nitrogen and oxygen atoms in total. The topological polar surface area (TPSA) is 108 Å². The van der Waals surface area contributed by atoms with E-state index in [0.717, 1.165) is 25.2 Å². The first kappa shape index (κ1) is 25.1. The molecule has 0 aromatic heterocycles. The zero-order valence-corrected chi connectivity index (χ0v) is 19.8. The van der Waals surface area contributed by atoms with Gasteiger partial charge in [-0.3, -0.25) is 4.79 Å². The Bertz CT molecular complexity index is 842. The van der Waals surface area contributed by atoms with E-state index in [-0.39, 0.29) is 23.5 Å². The van der Waals surface area contributed by atoms with Gasteiger partial charge in [0, 0.05) is 19.5 Å². The Morgan fingerprint density at radius 2 is 2.00 bits per heavy atom. The van der Waals surface area contributed by atoms with Crippen molar-refractivity contribution in [1.82, 2.24) is 14.9 Å². The Labute approximate surface area is 191 Å². The quantitative estimate of drug-likeness (QED) is 0.482. The summed E-state index contributed by atoms with van der Waals surface area (Å²) in [5.74, 6) is 0.0499. The molecule has 9 heteroatoms. The highest BCUT2D eigenvalue weighted by molar-refractivity contribution is 7.89. The van der Waals surface area contributed by atoms with Crippen molar-refractivity contribution in [2.75, 3.05) is 32.8 Å². The highest BCUT2D eigenvalue weighted by Crippen LogP contribution is 2.23. The minimum Gasteiger partial charge on any atom is -0.394 e. The van der Waals surface area contributed by atoms with Crippen molar-refractivity contribution in [2.45, 2.75) is 75.0 Å². The smallest absolute Gasteiger partial charge is 0.240 e. The molecular formula is C23H37N3O5S. The van der Waals surface area contributed by atoms with E-state index in [1.807, 2.05) is 13.0 Å². The average Bonchev–Trinajstić information content (AvgIpc) is 2.79. The fourth-order valence-electron chi connectivity index (χ4n) is 4.43. The molecule has 1 aromatic rings. The number of nitrogens with one attached hydrogen (secondary N) is 2. The summed E-state index contributed by atoms with van der Waals surface area (Å²) in [5.41, 5.74) is 0.865. The zero-order chi connectivity index (χ0) is 23.0. The summed E-state index contributed by atoms with van der Waals surface area (Å²) in [6.45, 7) is 5.07. The zero-order valence-electron chi connectivity index (χ0n) is 19.0. The molecule has 2 aliphatic rings. The normalized spacial score (nSPS) is 24.9. The van der Waals surface area contributed by atoms with Crippen LogP contribution >= 0.6 is 0 Å². The van der Waals surface area contributed by atoms with Crippen molar-refractivity contribution in [3.05, 3.63) is 29.8 Å². The molecule has 0 bridgehead atoms. The van der Waals surface area contributed by atoms with Gasteiger partial charge in [-0.25, -0.2) is 13.1 Å². The molecule has 3 rings (SSSR count). The number of likely N-dealkylation sites (tertiary alicyclic amines) is 1. The molecule has 2 aliphatic heterocycles. The van der Waals surface area contributed by atoms with Crippen molar-refractivity contribution in [3.63, 3.8) is 0 Å². The molecule has 2 heterocycles. The number of aryl methyl sites for hydroxylation is 1. The number of rotatable bonds is 10. The van der Waals surface area contributed by atoms with Crippen LogP contribution < -0.4 is 10.0 Å². The number of sulfonamides is 1. The molecule has 3 N–H and O–H groups in total. The second-order valence-corrected chi connectivity index (χ2v) is 10.6. The molecule has 1 amide bonds. The Balaban J connectivity index is 1.40. The number of aliphatic hydroxyl groups excluding tert-OH is 1. The fourth-order valence-corrected chi connectivity index (χ4v) is 5.84. The van der Waals surface area contributed by atoms with Crippen LogP contribution in [0.5, 0.6) is 0 Å². The molecule has 2 saturated heterocycles. The predicted molar refractivity (Wildman–Crippen MR) is 123 cm³/mol. The van der Waals surface area contributed by atoms with Crippen LogP contribution in [0.25, 0.3) is 0 Å². The summed E-state index contributed by atoms with van der Waals surface area (Å²) in [4.78, 5) is 14.7. The number of carbonyl (C=O) groups is 1. The van der Waals surface area contributed by atoms with Crippen LogP contribution in [-0.2, 0) is 19.6 Å². The largest absolute Gasteiger partial charge is 0.394 e. The molecule has 0 radical (unpaired) electrons. The third kappa shape index (κ3) is 7.52. The van der Waals surface area contributed by atoms with Gasteiger partial charge in [-0.15, -0.1) is 0 Å². The lowest BCUT2D eigenvalue weighted by molar-refractivity contribution is -0.122. The van der Waals surface area contributed by atoms with Crippen LogP contribution in [0.3, 0.4) is 0 Å². The van der Waals surface area contributed by atoms with Crippen LogP contribution in [0.15, 0.2) is 29.2 Å². The Morgan fingerprint density at radius 1 is 1.22 bits per heavy atom. The van der Waals surface area contributed by atoms with E-state index in [0.29, 0.717) is 32.2 Å². The van der Waals surface area contributed by atoms with Gasteiger partial charge in [0.2, 0.25) is 15.9 Å². The van der Waals surface area contributed by atoms with E-state index in [2.05, 4.69) is 14.9 Å². The second kappa shape index (κ2) is 12.1. The van der Waals surface area contributed by atoms with E-state index in [1.54, 1.807) is 18.2 Å². The monoisotopic (exact) mass is 467 g/mol. The molecule has 180 valence electrons. The highest BCUT2D eigenvalue weighted by atomic mass is 32.2. The lowest BCUT2D eigenvalue weighted by Crippen LogP contribution is -2.51. The highest BCUT2D eigenvalue weighted by Gasteiger charge is 2.33. The summed E-state index contributed by atoms with van der Waals surface area (Å²) in [7, 11) is -3.69. The number of piperidine rings is 1. The standard InChI is InChI=1S/C23H37N3O5S/c1-18-6-5-7-20(16-18)32(29,30)25-21-9-8-19(31-22(21)17-27)10-12-24-23(28)11-15-26-13-3-2-4-14-26/h5-7,16,19,21-22,25,27H,2-4,8-15,17H2,1H3,(H,24,28)/t19-,21-,22-/m1/s1. The van der Waals surface area contributed by atoms with Crippen LogP contribution in [0.4, 0.5) is 0 Å². The maximum Gasteiger partial charge on any atom is 0.240 e. The number of benzene rings is 1. The van der Waals surface area contributed by atoms with Crippen LogP contribution in [0.1, 0.15) is 50.5 Å². The number of ether oxygens (including phenoxy) is 1. The van der Waals surface area contributed by atoms with Crippen molar-refractivity contribution in [2.24, 2.45) is 0 Å². The van der Waals surface area contributed by atoms with Gasteiger partial charge in [-0.2, -0.15) is 0 Å². The Hall–Kier alpha value is -1.52. The van der Waals surface area contributed by atoms with E-state index in [1.165, 1.54) is 19.3 Å². The third-order valence-corrected chi connectivity index (χ3v) is 7.78. The minimum atomic E-state index is -3.69. The number of amides is 1. The molecule has 0 unspecified atom stereocenters. The summed E-state index contributed by atoms with van der Waals surface area (Å²) in [5, 5.41) is 12.7. The first-order valence-electron chi connectivity index (χ1n) is 11.7. The summed E-state index contributed by atoms with van der Waals surface area (Å²) in [6.07, 6.45) is 5.39. The van der Waals surface area contributed by atoms with Crippen molar-refractivity contribution in [3.8, 4) is 0 Å². The van der Waals surface area contributed by atoms with E-state index in [4.69, 9.17) is 4.74 Å². The second-order valence-electron chi connectivity index (χ2n) is 8.89. The molecule has 0 aliphatic carbocycles. The van der Waals surface area contributed by atoms with Crippen molar-refractivity contribution < 1.29 is 23.1 Å². The maximum atomic E-state index is 12.7.